The molecular formula is C24H36N2O5S. The van der Waals surface area contributed by atoms with E-state index in [-0.39, 0.29) is 35.6 Å². The number of ether oxygens (including phenoxy) is 1. The van der Waals surface area contributed by atoms with Gasteiger partial charge in [0.1, 0.15) is 16.7 Å². The van der Waals surface area contributed by atoms with Crippen LogP contribution in [0.4, 0.5) is 0 Å². The van der Waals surface area contributed by atoms with E-state index in [0.717, 1.165) is 6.42 Å². The average Bonchev–Trinajstić information content (AvgIpc) is 2.74. The maximum Gasteiger partial charge on any atom is 0.247 e. The minimum Gasteiger partial charge on any atom is -0.487 e. The van der Waals surface area contributed by atoms with E-state index in [0.29, 0.717) is 24.4 Å². The van der Waals surface area contributed by atoms with Crippen molar-refractivity contribution in [2.24, 2.45) is 11.8 Å². The van der Waals surface area contributed by atoms with Crippen molar-refractivity contribution in [2.45, 2.75) is 64.5 Å². The second kappa shape index (κ2) is 11.2. The number of benzene rings is 1. The highest BCUT2D eigenvalue weighted by Gasteiger charge is 2.38. The highest BCUT2D eigenvalue weighted by Crippen LogP contribution is 2.34. The molecule has 8 heteroatoms. The van der Waals surface area contributed by atoms with Crippen molar-refractivity contribution in [2.75, 3.05) is 26.7 Å². The summed E-state index contributed by atoms with van der Waals surface area (Å²) in [7, 11) is -2.17. The van der Waals surface area contributed by atoms with Crippen molar-refractivity contribution in [1.29, 1.82) is 0 Å². The van der Waals surface area contributed by atoms with E-state index in [1.54, 1.807) is 37.9 Å². The van der Waals surface area contributed by atoms with Gasteiger partial charge in [-0.15, -0.1) is 0 Å². The van der Waals surface area contributed by atoms with Crippen LogP contribution in [0.25, 0.3) is 0 Å². The fourth-order valence-electron chi connectivity index (χ4n) is 3.52. The van der Waals surface area contributed by atoms with Crippen LogP contribution in [0.1, 0.15) is 53.0 Å². The first-order chi connectivity index (χ1) is 15.0. The van der Waals surface area contributed by atoms with Gasteiger partial charge < -0.3 is 14.7 Å². The second-order valence-electron chi connectivity index (χ2n) is 8.93. The van der Waals surface area contributed by atoms with Crippen molar-refractivity contribution in [3.63, 3.8) is 0 Å². The zero-order valence-electron chi connectivity index (χ0n) is 20.0. The SMILES string of the molecule is CCC(=O)N(C)C[C@@H]1Oc2cc(C#CCC(C)C)ccc2S(=O)(=O)N([C@H](C)CO)C[C@@H]1C. The summed E-state index contributed by atoms with van der Waals surface area (Å²) >= 11 is 0. The van der Waals surface area contributed by atoms with E-state index in [2.05, 4.69) is 25.7 Å². The fraction of sp³-hybridized carbons (Fsp3) is 0.625. The number of nitrogens with zero attached hydrogens (tertiary/aromatic N) is 2. The first-order valence-corrected chi connectivity index (χ1v) is 12.6. The van der Waals surface area contributed by atoms with E-state index in [4.69, 9.17) is 4.74 Å². The zero-order valence-corrected chi connectivity index (χ0v) is 20.8. The topological polar surface area (TPSA) is 87.2 Å². The number of sulfonamides is 1. The van der Waals surface area contributed by atoms with Gasteiger partial charge in [-0.05, 0) is 31.0 Å². The maximum absolute atomic E-state index is 13.5. The Labute approximate surface area is 192 Å². The van der Waals surface area contributed by atoms with E-state index < -0.39 is 22.2 Å². The molecule has 3 atom stereocenters. The molecule has 2 rings (SSSR count). The van der Waals surface area contributed by atoms with Crippen molar-refractivity contribution in [3.8, 4) is 17.6 Å². The largest absolute Gasteiger partial charge is 0.487 e. The number of hydrogen-bond acceptors (Lipinski definition) is 5. The van der Waals surface area contributed by atoms with E-state index in [1.165, 1.54) is 10.4 Å². The highest BCUT2D eigenvalue weighted by molar-refractivity contribution is 7.89. The van der Waals surface area contributed by atoms with Crippen molar-refractivity contribution in [3.05, 3.63) is 23.8 Å². The number of carbonyl (C=O) groups excluding carboxylic acids is 1. The Morgan fingerprint density at radius 3 is 2.62 bits per heavy atom. The van der Waals surface area contributed by atoms with Gasteiger partial charge in [0.2, 0.25) is 15.9 Å². The van der Waals surface area contributed by atoms with Crippen LogP contribution < -0.4 is 4.74 Å². The van der Waals surface area contributed by atoms with Crippen LogP contribution in [-0.4, -0.2) is 67.5 Å². The molecule has 32 heavy (non-hydrogen) atoms. The molecule has 1 aliphatic heterocycles. The smallest absolute Gasteiger partial charge is 0.247 e. The summed E-state index contributed by atoms with van der Waals surface area (Å²) in [5, 5.41) is 9.71. The highest BCUT2D eigenvalue weighted by atomic mass is 32.2. The summed E-state index contributed by atoms with van der Waals surface area (Å²) < 4.78 is 34.5. The quantitative estimate of drug-likeness (QED) is 0.654. The summed E-state index contributed by atoms with van der Waals surface area (Å²) in [4.78, 5) is 13.8. The predicted octanol–water partition coefficient (Wildman–Crippen LogP) is 2.72. The Hall–Kier alpha value is -2.08. The molecule has 1 N–H and O–H groups in total. The Morgan fingerprint density at radius 1 is 1.34 bits per heavy atom. The molecule has 1 aromatic carbocycles. The molecule has 0 bridgehead atoms. The van der Waals surface area contributed by atoms with Crippen LogP contribution in [-0.2, 0) is 14.8 Å². The van der Waals surface area contributed by atoms with E-state index in [1.807, 2.05) is 6.92 Å². The molecule has 0 saturated heterocycles. The third-order valence-electron chi connectivity index (χ3n) is 5.59. The number of fused-ring (bicyclic) bond motifs is 1. The average molecular weight is 465 g/mol. The molecule has 1 amide bonds. The summed E-state index contributed by atoms with van der Waals surface area (Å²) in [6.07, 6.45) is 0.699. The van der Waals surface area contributed by atoms with Gasteiger partial charge in [-0.2, -0.15) is 4.31 Å². The predicted molar refractivity (Wildman–Crippen MR) is 125 cm³/mol. The van der Waals surface area contributed by atoms with Crippen LogP contribution in [0, 0.1) is 23.7 Å². The van der Waals surface area contributed by atoms with Crippen molar-refractivity contribution in [1.82, 2.24) is 9.21 Å². The monoisotopic (exact) mass is 464 g/mol. The normalized spacial score (nSPS) is 21.4. The van der Waals surface area contributed by atoms with Gasteiger partial charge in [-0.3, -0.25) is 4.79 Å². The number of likely N-dealkylation sites (N-methyl/N-ethyl adjacent to an activating group) is 1. The lowest BCUT2D eigenvalue weighted by atomic mass is 10.0. The second-order valence-corrected chi connectivity index (χ2v) is 10.8. The third-order valence-corrected chi connectivity index (χ3v) is 7.61. The number of rotatable bonds is 6. The molecule has 0 spiro atoms. The molecule has 178 valence electrons. The Balaban J connectivity index is 2.55. The molecule has 1 heterocycles. The Bertz CT molecular complexity index is 964. The first-order valence-electron chi connectivity index (χ1n) is 11.2. The Kier molecular flexibility index (Phi) is 9.14. The van der Waals surface area contributed by atoms with Crippen LogP contribution in [0.3, 0.4) is 0 Å². The van der Waals surface area contributed by atoms with Crippen molar-refractivity contribution >= 4 is 15.9 Å². The number of aliphatic hydroxyl groups is 1. The van der Waals surface area contributed by atoms with E-state index >= 15 is 0 Å². The van der Waals surface area contributed by atoms with Crippen LogP contribution in [0.15, 0.2) is 23.1 Å². The molecule has 0 unspecified atom stereocenters. The lowest BCUT2D eigenvalue weighted by Gasteiger charge is -2.37. The van der Waals surface area contributed by atoms with Crippen molar-refractivity contribution < 1.29 is 23.1 Å². The van der Waals surface area contributed by atoms with E-state index in [9.17, 15) is 18.3 Å². The molecule has 7 nitrogen and oxygen atoms in total. The number of amides is 1. The zero-order chi connectivity index (χ0) is 24.1. The lowest BCUT2D eigenvalue weighted by molar-refractivity contribution is -0.131. The van der Waals surface area contributed by atoms with Gasteiger partial charge in [-0.1, -0.05) is 39.5 Å². The third kappa shape index (κ3) is 6.25. The minimum atomic E-state index is -3.89. The molecular weight excluding hydrogens is 428 g/mol. The fourth-order valence-corrected chi connectivity index (χ4v) is 5.35. The Morgan fingerprint density at radius 2 is 2.03 bits per heavy atom. The summed E-state index contributed by atoms with van der Waals surface area (Å²) in [6, 6.07) is 4.28. The molecule has 1 aromatic rings. The van der Waals surface area contributed by atoms with Gasteiger partial charge in [0.15, 0.2) is 0 Å². The lowest BCUT2D eigenvalue weighted by Crippen LogP contribution is -2.50. The number of hydrogen-bond donors (Lipinski definition) is 1. The first kappa shape index (κ1) is 26.2. The van der Waals surface area contributed by atoms with Crippen LogP contribution in [0.5, 0.6) is 5.75 Å². The van der Waals surface area contributed by atoms with Crippen LogP contribution >= 0.6 is 0 Å². The van der Waals surface area contributed by atoms with Gasteiger partial charge in [-0.25, -0.2) is 8.42 Å². The molecule has 0 fully saturated rings. The molecule has 0 aromatic heterocycles. The van der Waals surface area contributed by atoms with Gasteiger partial charge in [0.05, 0.1) is 13.2 Å². The summed E-state index contributed by atoms with van der Waals surface area (Å²) in [5.41, 5.74) is 0.673. The maximum atomic E-state index is 13.5. The van der Waals surface area contributed by atoms with Gasteiger partial charge in [0, 0.05) is 44.0 Å². The molecule has 0 aliphatic carbocycles. The number of carbonyl (C=O) groups is 1. The van der Waals surface area contributed by atoms with Gasteiger partial charge in [0.25, 0.3) is 0 Å². The van der Waals surface area contributed by atoms with Crippen LogP contribution in [0.2, 0.25) is 0 Å². The summed E-state index contributed by atoms with van der Waals surface area (Å²) in [5.74, 6) is 6.65. The molecule has 0 saturated carbocycles. The number of aliphatic hydroxyl groups excluding tert-OH is 1. The molecule has 0 radical (unpaired) electrons. The summed E-state index contributed by atoms with van der Waals surface area (Å²) in [6.45, 7) is 9.77. The standard InChI is InChI=1S/C24H36N2O5S/c1-7-24(28)25(6)15-22-18(4)14-26(19(5)16-27)32(29,30)23-12-11-20(13-21(23)31-22)10-8-9-17(2)3/h11-13,17-19,22,27H,7,9,14-16H2,1-6H3/t18-,19+,22-/m0/s1. The molecule has 1 aliphatic rings. The minimum absolute atomic E-state index is 0.00964. The van der Waals surface area contributed by atoms with Gasteiger partial charge >= 0.3 is 0 Å².